The number of aliphatic hydroxyl groups is 1. The molecule has 0 heterocycles. The lowest BCUT2D eigenvalue weighted by atomic mass is 10.2. The monoisotopic (exact) mass is 168 g/mol. The Morgan fingerprint density at radius 3 is 2.08 bits per heavy atom. The highest BCUT2D eigenvalue weighted by Gasteiger charge is 2.01. The Labute approximate surface area is 73.8 Å². The predicted octanol–water partition coefficient (Wildman–Crippen LogP) is 2.35. The number of hydrogen-bond acceptors (Lipinski definition) is 2. The Morgan fingerprint density at radius 1 is 1.17 bits per heavy atom. The topological polar surface area (TPSA) is 29.5 Å². The van der Waals surface area contributed by atoms with Gasteiger partial charge in [-0.3, -0.25) is 0 Å². The predicted molar refractivity (Wildman–Crippen MR) is 49.8 cm³/mol. The summed E-state index contributed by atoms with van der Waals surface area (Å²) in [5, 5.41) is 9.11. The quantitative estimate of drug-likeness (QED) is 0.687. The van der Waals surface area contributed by atoms with Gasteiger partial charge in [-0.1, -0.05) is 44.2 Å². The highest BCUT2D eigenvalue weighted by atomic mass is 16.6. The zero-order valence-electron chi connectivity index (χ0n) is 7.82. The van der Waals surface area contributed by atoms with Crippen LogP contribution in [0.5, 0.6) is 0 Å². The van der Waals surface area contributed by atoms with Crippen molar-refractivity contribution in [3.8, 4) is 0 Å². The molecular formula is C10H16O2. The smallest absolute Gasteiger partial charge is 0.180 e. The molecule has 0 aliphatic carbocycles. The molecule has 12 heavy (non-hydrogen) atoms. The second-order valence-corrected chi connectivity index (χ2v) is 2.00. The fraction of sp³-hybridized carbons (Fsp3) is 0.400. The van der Waals surface area contributed by atoms with Gasteiger partial charge in [0.1, 0.15) is 0 Å². The standard InChI is InChI=1S/C8H10O2.C2H6/c1-10-8(9)7-5-3-2-4-6-7;1-2/h2-6,8-9H,1H3;1-2H3. The zero-order valence-corrected chi connectivity index (χ0v) is 7.82. The minimum atomic E-state index is -0.791. The summed E-state index contributed by atoms with van der Waals surface area (Å²) in [6.45, 7) is 4.00. The lowest BCUT2D eigenvalue weighted by Gasteiger charge is -2.06. The summed E-state index contributed by atoms with van der Waals surface area (Å²) < 4.78 is 4.69. The van der Waals surface area contributed by atoms with Crippen LogP contribution in [0.15, 0.2) is 30.3 Å². The summed E-state index contributed by atoms with van der Waals surface area (Å²) in [7, 11) is 1.47. The molecule has 0 radical (unpaired) electrons. The maximum absolute atomic E-state index is 9.11. The number of ether oxygens (including phenoxy) is 1. The number of benzene rings is 1. The molecule has 0 aliphatic heterocycles. The van der Waals surface area contributed by atoms with Crippen molar-refractivity contribution in [2.24, 2.45) is 0 Å². The lowest BCUT2D eigenvalue weighted by molar-refractivity contribution is -0.0769. The van der Waals surface area contributed by atoms with Crippen molar-refractivity contribution in [3.05, 3.63) is 35.9 Å². The molecule has 0 bridgehead atoms. The molecule has 0 saturated heterocycles. The lowest BCUT2D eigenvalue weighted by Crippen LogP contribution is -1.97. The first kappa shape index (κ1) is 11.1. The summed E-state index contributed by atoms with van der Waals surface area (Å²) in [5.41, 5.74) is 0.782. The number of rotatable bonds is 2. The van der Waals surface area contributed by atoms with Crippen LogP contribution in [0.3, 0.4) is 0 Å². The SMILES string of the molecule is CC.COC(O)c1ccccc1. The van der Waals surface area contributed by atoms with Gasteiger partial charge in [0.15, 0.2) is 6.29 Å². The van der Waals surface area contributed by atoms with E-state index in [1.165, 1.54) is 7.11 Å². The Hall–Kier alpha value is -0.860. The third kappa shape index (κ3) is 3.51. The van der Waals surface area contributed by atoms with E-state index in [1.807, 2.05) is 44.2 Å². The van der Waals surface area contributed by atoms with Crippen molar-refractivity contribution >= 4 is 0 Å². The van der Waals surface area contributed by atoms with Crippen molar-refractivity contribution in [2.75, 3.05) is 7.11 Å². The van der Waals surface area contributed by atoms with E-state index in [-0.39, 0.29) is 0 Å². The van der Waals surface area contributed by atoms with Crippen LogP contribution in [0.1, 0.15) is 25.7 Å². The molecule has 0 spiro atoms. The first-order valence-corrected chi connectivity index (χ1v) is 4.10. The van der Waals surface area contributed by atoms with Crippen molar-refractivity contribution in [1.82, 2.24) is 0 Å². The largest absolute Gasteiger partial charge is 0.364 e. The molecule has 1 unspecified atom stereocenters. The number of hydrogen-bond donors (Lipinski definition) is 1. The van der Waals surface area contributed by atoms with Crippen LogP contribution in [-0.2, 0) is 4.74 Å². The van der Waals surface area contributed by atoms with Gasteiger partial charge < -0.3 is 9.84 Å². The third-order valence-corrected chi connectivity index (χ3v) is 1.31. The summed E-state index contributed by atoms with van der Waals surface area (Å²) >= 11 is 0. The third-order valence-electron chi connectivity index (χ3n) is 1.31. The summed E-state index contributed by atoms with van der Waals surface area (Å²) in [6, 6.07) is 9.24. The van der Waals surface area contributed by atoms with E-state index in [0.717, 1.165) is 5.56 Å². The normalized spacial score (nSPS) is 11.3. The Morgan fingerprint density at radius 2 is 1.67 bits per heavy atom. The van der Waals surface area contributed by atoms with Crippen LogP contribution in [0.4, 0.5) is 0 Å². The molecule has 0 aromatic heterocycles. The van der Waals surface area contributed by atoms with Crippen molar-refractivity contribution in [2.45, 2.75) is 20.1 Å². The summed E-state index contributed by atoms with van der Waals surface area (Å²) in [4.78, 5) is 0. The van der Waals surface area contributed by atoms with Gasteiger partial charge in [-0.25, -0.2) is 0 Å². The molecule has 68 valence electrons. The van der Waals surface area contributed by atoms with Crippen LogP contribution in [0, 0.1) is 0 Å². The van der Waals surface area contributed by atoms with E-state index in [0.29, 0.717) is 0 Å². The Bertz CT molecular complexity index is 184. The molecular weight excluding hydrogens is 152 g/mol. The molecule has 1 aromatic carbocycles. The van der Waals surface area contributed by atoms with Crippen LogP contribution in [0.2, 0.25) is 0 Å². The maximum atomic E-state index is 9.11. The fourth-order valence-electron chi connectivity index (χ4n) is 0.754. The van der Waals surface area contributed by atoms with E-state index >= 15 is 0 Å². The van der Waals surface area contributed by atoms with Crippen molar-refractivity contribution in [3.63, 3.8) is 0 Å². The van der Waals surface area contributed by atoms with E-state index < -0.39 is 6.29 Å². The molecule has 1 rings (SSSR count). The fourth-order valence-corrected chi connectivity index (χ4v) is 0.754. The van der Waals surface area contributed by atoms with E-state index in [2.05, 4.69) is 0 Å². The molecule has 0 saturated carbocycles. The van der Waals surface area contributed by atoms with Gasteiger partial charge in [-0.15, -0.1) is 0 Å². The molecule has 0 fully saturated rings. The first-order valence-electron chi connectivity index (χ1n) is 4.10. The maximum Gasteiger partial charge on any atom is 0.180 e. The van der Waals surface area contributed by atoms with Crippen LogP contribution in [-0.4, -0.2) is 12.2 Å². The van der Waals surface area contributed by atoms with E-state index in [1.54, 1.807) is 0 Å². The molecule has 0 amide bonds. The highest BCUT2D eigenvalue weighted by molar-refractivity contribution is 5.15. The highest BCUT2D eigenvalue weighted by Crippen LogP contribution is 2.10. The van der Waals surface area contributed by atoms with Crippen LogP contribution >= 0.6 is 0 Å². The van der Waals surface area contributed by atoms with Gasteiger partial charge in [-0.2, -0.15) is 0 Å². The molecule has 2 heteroatoms. The minimum absolute atomic E-state index is 0.782. The Kier molecular flexibility index (Phi) is 6.34. The van der Waals surface area contributed by atoms with Crippen LogP contribution in [0.25, 0.3) is 0 Å². The molecule has 2 nitrogen and oxygen atoms in total. The molecule has 0 aliphatic rings. The van der Waals surface area contributed by atoms with E-state index in [4.69, 9.17) is 9.84 Å². The van der Waals surface area contributed by atoms with Gasteiger partial charge >= 0.3 is 0 Å². The number of aliphatic hydroxyl groups excluding tert-OH is 1. The minimum Gasteiger partial charge on any atom is -0.364 e. The zero-order chi connectivity index (χ0) is 9.40. The van der Waals surface area contributed by atoms with Gasteiger partial charge in [0.25, 0.3) is 0 Å². The number of methoxy groups -OCH3 is 1. The van der Waals surface area contributed by atoms with Gasteiger partial charge in [0, 0.05) is 12.7 Å². The average molecular weight is 168 g/mol. The van der Waals surface area contributed by atoms with E-state index in [9.17, 15) is 0 Å². The molecule has 1 aromatic rings. The van der Waals surface area contributed by atoms with Crippen molar-refractivity contribution < 1.29 is 9.84 Å². The summed E-state index contributed by atoms with van der Waals surface area (Å²) in [5.74, 6) is 0. The second kappa shape index (κ2) is 6.83. The second-order valence-electron chi connectivity index (χ2n) is 2.00. The average Bonchev–Trinajstić information content (AvgIpc) is 2.21. The molecule has 1 N–H and O–H groups in total. The molecule has 1 atom stereocenters. The summed E-state index contributed by atoms with van der Waals surface area (Å²) in [6.07, 6.45) is -0.791. The van der Waals surface area contributed by atoms with Crippen molar-refractivity contribution in [1.29, 1.82) is 0 Å². The van der Waals surface area contributed by atoms with Gasteiger partial charge in [0.05, 0.1) is 0 Å². The first-order chi connectivity index (χ1) is 5.84. The Balaban J connectivity index is 0.000000561. The van der Waals surface area contributed by atoms with Crippen LogP contribution < -0.4 is 0 Å². The van der Waals surface area contributed by atoms with Gasteiger partial charge in [-0.05, 0) is 0 Å². The van der Waals surface area contributed by atoms with Gasteiger partial charge in [0.2, 0.25) is 0 Å².